The average molecular weight is 253 g/mol. The van der Waals surface area contributed by atoms with Gasteiger partial charge in [0.1, 0.15) is 0 Å². The van der Waals surface area contributed by atoms with E-state index < -0.39 is 0 Å². The highest BCUT2D eigenvalue weighted by atomic mass is 32.2. The molecule has 0 aromatic heterocycles. The van der Waals surface area contributed by atoms with Crippen molar-refractivity contribution in [1.29, 1.82) is 0 Å². The van der Waals surface area contributed by atoms with Crippen LogP contribution in [0.4, 0.5) is 0 Å². The van der Waals surface area contributed by atoms with Crippen LogP contribution in [0.1, 0.15) is 32.4 Å². The number of thioether (sulfide) groups is 1. The highest BCUT2D eigenvalue weighted by Gasteiger charge is 2.07. The van der Waals surface area contributed by atoms with Gasteiger partial charge < -0.3 is 10.1 Å². The first-order valence-corrected chi connectivity index (χ1v) is 7.04. The number of nitrogens with one attached hydrogen (secondary N) is 1. The minimum atomic E-state index is 0.415. The second kappa shape index (κ2) is 7.75. The van der Waals surface area contributed by atoms with Gasteiger partial charge in [-0.15, -0.1) is 11.8 Å². The van der Waals surface area contributed by atoms with Gasteiger partial charge in [0.2, 0.25) is 0 Å². The molecule has 0 aliphatic rings. The molecule has 0 aliphatic heterocycles. The molecule has 0 radical (unpaired) electrons. The van der Waals surface area contributed by atoms with Gasteiger partial charge in [-0.25, -0.2) is 0 Å². The highest BCUT2D eigenvalue weighted by Crippen LogP contribution is 2.26. The monoisotopic (exact) mass is 253 g/mol. The molecule has 0 bridgehead atoms. The standard InChI is InChI=1S/C14H23NOS/c1-5-15-12(3)13-7-6-8-14(9-13)17-11(2)10-16-4/h6-9,11-12,15H,5,10H2,1-4H3. The quantitative estimate of drug-likeness (QED) is 0.752. The predicted octanol–water partition coefficient (Wildman–Crippen LogP) is 3.48. The van der Waals surface area contributed by atoms with Crippen molar-refractivity contribution in [3.05, 3.63) is 29.8 Å². The zero-order valence-electron chi connectivity index (χ0n) is 11.2. The second-order valence-corrected chi connectivity index (χ2v) is 5.75. The van der Waals surface area contributed by atoms with Crippen LogP contribution in [-0.4, -0.2) is 25.5 Å². The molecule has 0 fully saturated rings. The Morgan fingerprint density at radius 1 is 1.35 bits per heavy atom. The summed E-state index contributed by atoms with van der Waals surface area (Å²) in [5.41, 5.74) is 1.35. The van der Waals surface area contributed by atoms with E-state index >= 15 is 0 Å². The molecule has 0 aliphatic carbocycles. The first-order chi connectivity index (χ1) is 8.17. The van der Waals surface area contributed by atoms with E-state index in [2.05, 4.69) is 50.4 Å². The lowest BCUT2D eigenvalue weighted by Gasteiger charge is -2.15. The summed E-state index contributed by atoms with van der Waals surface area (Å²) in [7, 11) is 1.75. The van der Waals surface area contributed by atoms with E-state index in [1.165, 1.54) is 10.5 Å². The summed E-state index contributed by atoms with van der Waals surface area (Å²) >= 11 is 1.87. The number of rotatable bonds is 7. The largest absolute Gasteiger partial charge is 0.384 e. The van der Waals surface area contributed by atoms with Crippen LogP contribution < -0.4 is 5.32 Å². The van der Waals surface area contributed by atoms with Gasteiger partial charge in [-0.3, -0.25) is 0 Å². The minimum absolute atomic E-state index is 0.415. The summed E-state index contributed by atoms with van der Waals surface area (Å²) < 4.78 is 5.16. The molecule has 1 aromatic carbocycles. The van der Waals surface area contributed by atoms with Crippen LogP contribution in [0.25, 0.3) is 0 Å². The third-order valence-electron chi connectivity index (χ3n) is 2.61. The molecule has 0 saturated carbocycles. The molecule has 3 heteroatoms. The van der Waals surface area contributed by atoms with Gasteiger partial charge in [-0.1, -0.05) is 26.0 Å². The fourth-order valence-electron chi connectivity index (χ4n) is 1.78. The Morgan fingerprint density at radius 3 is 2.76 bits per heavy atom. The maximum atomic E-state index is 5.16. The zero-order chi connectivity index (χ0) is 12.7. The van der Waals surface area contributed by atoms with Gasteiger partial charge in [0, 0.05) is 23.3 Å². The number of ether oxygens (including phenoxy) is 1. The number of benzene rings is 1. The minimum Gasteiger partial charge on any atom is -0.384 e. The molecule has 2 unspecified atom stereocenters. The van der Waals surface area contributed by atoms with Crippen molar-refractivity contribution in [2.45, 2.75) is 37.0 Å². The Bertz CT molecular complexity index is 330. The van der Waals surface area contributed by atoms with E-state index in [1.807, 2.05) is 11.8 Å². The fourth-order valence-corrected chi connectivity index (χ4v) is 2.81. The van der Waals surface area contributed by atoms with Gasteiger partial charge in [0.05, 0.1) is 6.61 Å². The van der Waals surface area contributed by atoms with E-state index in [0.717, 1.165) is 13.2 Å². The summed E-state index contributed by atoms with van der Waals surface area (Å²) in [6.07, 6.45) is 0. The van der Waals surface area contributed by atoms with Crippen LogP contribution in [0.2, 0.25) is 0 Å². The SMILES string of the molecule is CCNC(C)c1cccc(SC(C)COC)c1. The van der Waals surface area contributed by atoms with Crippen molar-refractivity contribution in [1.82, 2.24) is 5.32 Å². The van der Waals surface area contributed by atoms with Crippen molar-refractivity contribution >= 4 is 11.8 Å². The van der Waals surface area contributed by atoms with Crippen LogP contribution in [0, 0.1) is 0 Å². The van der Waals surface area contributed by atoms with Crippen molar-refractivity contribution < 1.29 is 4.74 Å². The van der Waals surface area contributed by atoms with Crippen molar-refractivity contribution in [2.75, 3.05) is 20.3 Å². The maximum Gasteiger partial charge on any atom is 0.0582 e. The first-order valence-electron chi connectivity index (χ1n) is 6.16. The van der Waals surface area contributed by atoms with Crippen LogP contribution in [0.15, 0.2) is 29.2 Å². The van der Waals surface area contributed by atoms with E-state index in [-0.39, 0.29) is 0 Å². The lowest BCUT2D eigenvalue weighted by Crippen LogP contribution is -2.17. The first kappa shape index (κ1) is 14.6. The molecule has 1 aromatic rings. The molecule has 0 amide bonds. The number of hydrogen-bond donors (Lipinski definition) is 1. The van der Waals surface area contributed by atoms with Gasteiger partial charge in [0.15, 0.2) is 0 Å². The normalized spacial score (nSPS) is 14.6. The average Bonchev–Trinajstić information content (AvgIpc) is 2.30. The van der Waals surface area contributed by atoms with E-state index in [9.17, 15) is 0 Å². The maximum absolute atomic E-state index is 5.16. The lowest BCUT2D eigenvalue weighted by atomic mass is 10.1. The molecule has 17 heavy (non-hydrogen) atoms. The molecule has 0 saturated heterocycles. The van der Waals surface area contributed by atoms with Crippen molar-refractivity contribution in [3.8, 4) is 0 Å². The zero-order valence-corrected chi connectivity index (χ0v) is 12.0. The Labute approximate surface area is 109 Å². The van der Waals surface area contributed by atoms with Crippen molar-refractivity contribution in [2.24, 2.45) is 0 Å². The predicted molar refractivity (Wildman–Crippen MR) is 75.7 cm³/mol. The summed E-state index contributed by atoms with van der Waals surface area (Å²) in [5.74, 6) is 0. The molecule has 2 atom stereocenters. The third-order valence-corrected chi connectivity index (χ3v) is 3.67. The fraction of sp³-hybridized carbons (Fsp3) is 0.571. The summed E-state index contributed by atoms with van der Waals surface area (Å²) in [6, 6.07) is 9.16. The Hall–Kier alpha value is -0.510. The summed E-state index contributed by atoms with van der Waals surface area (Å²) in [6.45, 7) is 8.31. The number of hydrogen-bond acceptors (Lipinski definition) is 3. The third kappa shape index (κ3) is 5.11. The highest BCUT2D eigenvalue weighted by molar-refractivity contribution is 8.00. The molecule has 1 N–H and O–H groups in total. The topological polar surface area (TPSA) is 21.3 Å². The van der Waals surface area contributed by atoms with E-state index in [1.54, 1.807) is 7.11 Å². The molecule has 1 rings (SSSR count). The van der Waals surface area contributed by atoms with Gasteiger partial charge in [0.25, 0.3) is 0 Å². The molecule has 0 spiro atoms. The van der Waals surface area contributed by atoms with Crippen LogP contribution in [0.5, 0.6) is 0 Å². The van der Waals surface area contributed by atoms with Gasteiger partial charge in [-0.2, -0.15) is 0 Å². The summed E-state index contributed by atoms with van der Waals surface area (Å²) in [5, 5.41) is 3.92. The van der Waals surface area contributed by atoms with Crippen LogP contribution in [0.3, 0.4) is 0 Å². The smallest absolute Gasteiger partial charge is 0.0582 e. The number of methoxy groups -OCH3 is 1. The summed E-state index contributed by atoms with van der Waals surface area (Å²) in [4.78, 5) is 1.32. The van der Waals surface area contributed by atoms with Crippen LogP contribution >= 0.6 is 11.8 Å². The molecule has 96 valence electrons. The van der Waals surface area contributed by atoms with Gasteiger partial charge >= 0.3 is 0 Å². The lowest BCUT2D eigenvalue weighted by molar-refractivity contribution is 0.203. The Balaban J connectivity index is 2.65. The van der Waals surface area contributed by atoms with Crippen molar-refractivity contribution in [3.63, 3.8) is 0 Å². The van der Waals surface area contributed by atoms with E-state index in [0.29, 0.717) is 11.3 Å². The van der Waals surface area contributed by atoms with Crippen LogP contribution in [-0.2, 0) is 4.74 Å². The second-order valence-electron chi connectivity index (χ2n) is 4.24. The molecule has 0 heterocycles. The van der Waals surface area contributed by atoms with Gasteiger partial charge in [-0.05, 0) is 31.2 Å². The molecule has 2 nitrogen and oxygen atoms in total. The Kier molecular flexibility index (Phi) is 6.63. The molecular formula is C14H23NOS. The molecular weight excluding hydrogens is 230 g/mol. The van der Waals surface area contributed by atoms with E-state index in [4.69, 9.17) is 4.74 Å². The Morgan fingerprint density at radius 2 is 2.12 bits per heavy atom.